The molecule has 7 aromatic carbocycles. The van der Waals surface area contributed by atoms with Crippen molar-refractivity contribution >= 4 is 76.7 Å². The molecule has 1 aliphatic rings. The molecule has 7 heteroatoms. The van der Waals surface area contributed by atoms with Crippen molar-refractivity contribution in [1.82, 2.24) is 19.1 Å². The van der Waals surface area contributed by atoms with Gasteiger partial charge in [0.2, 0.25) is 0 Å². The third-order valence-electron chi connectivity index (χ3n) is 13.8. The zero-order chi connectivity index (χ0) is 56.5. The van der Waals surface area contributed by atoms with E-state index in [2.05, 4.69) is 96.6 Å². The molecule has 0 bridgehead atoms. The van der Waals surface area contributed by atoms with Crippen LogP contribution in [0.5, 0.6) is 11.5 Å². The van der Waals surface area contributed by atoms with Gasteiger partial charge >= 0.3 is 0 Å². The van der Waals surface area contributed by atoms with Gasteiger partial charge in [-0.2, -0.15) is 12.1 Å². The molecule has 0 aliphatic carbocycles. The average molecular weight is 1130 g/mol. The molecule has 0 fully saturated rings. The summed E-state index contributed by atoms with van der Waals surface area (Å²) in [5.41, 5.74) is 2.19. The molecule has 360 valence electrons. The van der Waals surface area contributed by atoms with Gasteiger partial charge in [-0.15, -0.1) is 35.7 Å². The molecule has 1 aliphatic heterocycles. The molecule has 0 atom stereocenters. The van der Waals surface area contributed by atoms with Crippen LogP contribution in [-0.4, -0.2) is 19.1 Å². The number of benzene rings is 7. The third-order valence-corrected chi connectivity index (χ3v) is 13.8. The first-order chi connectivity index (χ1) is 37.8. The standard InChI is InChI=1S/C65H56N5O.Pt/c1-63(2,3)42-30-32-66-59(37-42)70-57-27-15-14-24-53(57)54-29-28-47(39-58(54)70)71-46-19-16-18-45(38-46)68-40-69-60-48(41-34-43(64(4,5)6)36-44(35-41)65(7,8)9)25-17-26-55(60)51-22-12-10-20-49(51)50-21-11-13-23-52(50)56-31-33-67-62(68)61(56)69;/h10-37,40H,1-9H3;/q-3;/i4D3,5D3,6D3;. The molecule has 5 heterocycles. The van der Waals surface area contributed by atoms with Crippen LogP contribution in [0.15, 0.2) is 170 Å². The average Bonchev–Trinajstić information content (AvgIpc) is 4.19. The van der Waals surface area contributed by atoms with Crippen molar-refractivity contribution in [3.63, 3.8) is 0 Å². The molecule has 0 unspecified atom stereocenters. The molecular formula is C65H56N5OPt-3. The number of ether oxygens (including phenoxy) is 1. The van der Waals surface area contributed by atoms with Gasteiger partial charge in [0, 0.05) is 62.8 Å². The number of aromatic nitrogens is 4. The van der Waals surface area contributed by atoms with Crippen LogP contribution in [0.4, 0.5) is 11.5 Å². The molecule has 72 heavy (non-hydrogen) atoms. The Balaban J connectivity index is 0.00000690. The Morgan fingerprint density at radius 3 is 1.81 bits per heavy atom. The maximum Gasteiger partial charge on any atom is 0.135 e. The SMILES string of the molecule is [2H]C([2H])([2H])C(c1cc(-c2cccc3c4ccccc4c4ccccc4c4ccnc5c4n(c23)[CH-]N5c2[c-]c(Oc3[c-]c4c(cc3)c3ccccc3n4-c3cc(C(C)(C)C)ccn3)ccc2)cc(C(C)(C)C)c1)(C([2H])([2H])[2H])C([2H])([2H])[2H].[Pt]. The second kappa shape index (κ2) is 17.4. The van der Waals surface area contributed by atoms with Gasteiger partial charge in [0.25, 0.3) is 0 Å². The topological polar surface area (TPSA) is 48.1 Å². The molecule has 0 saturated carbocycles. The summed E-state index contributed by atoms with van der Waals surface area (Å²) in [5, 5.41) is 7.52. The van der Waals surface area contributed by atoms with Gasteiger partial charge in [-0.05, 0) is 124 Å². The summed E-state index contributed by atoms with van der Waals surface area (Å²) in [7, 11) is 0. The third kappa shape index (κ3) is 7.97. The van der Waals surface area contributed by atoms with E-state index in [0.29, 0.717) is 45.2 Å². The van der Waals surface area contributed by atoms with Gasteiger partial charge in [0.1, 0.15) is 5.82 Å². The Hall–Kier alpha value is -7.40. The first-order valence-electron chi connectivity index (χ1n) is 28.4. The van der Waals surface area contributed by atoms with E-state index >= 15 is 0 Å². The van der Waals surface area contributed by atoms with E-state index in [0.717, 1.165) is 71.0 Å². The second-order valence-corrected chi connectivity index (χ2v) is 20.6. The predicted molar refractivity (Wildman–Crippen MR) is 296 cm³/mol. The number of pyridine rings is 2. The van der Waals surface area contributed by atoms with Crippen molar-refractivity contribution in [2.24, 2.45) is 0 Å². The van der Waals surface area contributed by atoms with Crippen molar-refractivity contribution in [1.29, 1.82) is 0 Å². The number of para-hydroxylation sites is 2. The molecule has 0 saturated heterocycles. The Bertz CT molecular complexity index is 4350. The van der Waals surface area contributed by atoms with Crippen molar-refractivity contribution < 1.29 is 38.1 Å². The minimum Gasteiger partial charge on any atom is -0.509 e. The summed E-state index contributed by atoms with van der Waals surface area (Å²) in [6.45, 7) is 3.86. The monoisotopic (exact) mass is 1130 g/mol. The van der Waals surface area contributed by atoms with E-state index < -0.39 is 31.4 Å². The van der Waals surface area contributed by atoms with Crippen LogP contribution >= 0.6 is 0 Å². The second-order valence-electron chi connectivity index (χ2n) is 20.6. The van der Waals surface area contributed by atoms with E-state index in [4.69, 9.17) is 27.0 Å². The van der Waals surface area contributed by atoms with Gasteiger partial charge in [0.15, 0.2) is 0 Å². The van der Waals surface area contributed by atoms with E-state index in [1.807, 2.05) is 130 Å². The largest absolute Gasteiger partial charge is 0.509 e. The molecule has 6 nitrogen and oxygen atoms in total. The summed E-state index contributed by atoms with van der Waals surface area (Å²) in [4.78, 5) is 11.9. The summed E-state index contributed by atoms with van der Waals surface area (Å²) >= 11 is 0. The Labute approximate surface area is 449 Å². The van der Waals surface area contributed by atoms with Crippen LogP contribution in [0.25, 0.3) is 82.1 Å². The Kier molecular flexibility index (Phi) is 9.05. The van der Waals surface area contributed by atoms with Crippen molar-refractivity contribution in [2.45, 2.75) is 78.3 Å². The van der Waals surface area contributed by atoms with Crippen molar-refractivity contribution in [3.05, 3.63) is 206 Å². The fraction of sp³-hybridized carbons (Fsp3) is 0.185. The number of rotatable bonds is 5. The zero-order valence-electron chi connectivity index (χ0n) is 49.7. The Morgan fingerprint density at radius 1 is 0.514 bits per heavy atom. The number of hydrogen-bond donors (Lipinski definition) is 0. The summed E-state index contributed by atoms with van der Waals surface area (Å²) in [6, 6.07) is 58.3. The molecule has 0 amide bonds. The van der Waals surface area contributed by atoms with Gasteiger partial charge in [-0.25, -0.2) is 4.98 Å². The number of fused-ring (bicyclic) bond motifs is 10. The van der Waals surface area contributed by atoms with Crippen LogP contribution in [0.1, 0.15) is 91.1 Å². The van der Waals surface area contributed by atoms with E-state index in [-0.39, 0.29) is 32.0 Å². The van der Waals surface area contributed by atoms with E-state index in [1.165, 1.54) is 12.1 Å². The molecule has 0 spiro atoms. The van der Waals surface area contributed by atoms with Crippen LogP contribution in [0, 0.1) is 18.8 Å². The van der Waals surface area contributed by atoms with Crippen LogP contribution in [-0.2, 0) is 37.3 Å². The quantitative estimate of drug-likeness (QED) is 0.161. The summed E-state index contributed by atoms with van der Waals surface area (Å²) < 4.78 is 90.0. The molecule has 4 aromatic heterocycles. The van der Waals surface area contributed by atoms with Gasteiger partial charge in [-0.1, -0.05) is 176 Å². The summed E-state index contributed by atoms with van der Waals surface area (Å²) in [5.74, 6) is 2.25. The number of nitrogens with zero attached hydrogens (tertiary/aromatic N) is 5. The minimum atomic E-state index is -3.48. The number of hydrogen-bond acceptors (Lipinski definition) is 4. The first kappa shape index (κ1) is 37.4. The maximum absolute atomic E-state index is 8.78. The van der Waals surface area contributed by atoms with Gasteiger partial charge in [0.05, 0.1) is 5.82 Å². The minimum absolute atomic E-state index is 0. The number of anilines is 2. The van der Waals surface area contributed by atoms with Crippen molar-refractivity contribution in [2.75, 3.05) is 4.90 Å². The molecule has 12 rings (SSSR count). The van der Waals surface area contributed by atoms with Crippen LogP contribution < -0.4 is 9.64 Å². The summed E-state index contributed by atoms with van der Waals surface area (Å²) in [6.07, 6.45) is 3.64. The zero-order valence-corrected chi connectivity index (χ0v) is 43.0. The van der Waals surface area contributed by atoms with E-state index in [1.54, 1.807) is 6.20 Å². The van der Waals surface area contributed by atoms with E-state index in [9.17, 15) is 0 Å². The maximum atomic E-state index is 8.78. The van der Waals surface area contributed by atoms with Crippen molar-refractivity contribution in [3.8, 4) is 28.4 Å². The first-order valence-corrected chi connectivity index (χ1v) is 23.9. The van der Waals surface area contributed by atoms with Gasteiger partial charge < -0.3 is 18.8 Å². The molecule has 11 aromatic rings. The fourth-order valence-electron chi connectivity index (χ4n) is 10.2. The normalized spacial score (nSPS) is 15.1. The van der Waals surface area contributed by atoms with Gasteiger partial charge in [-0.3, -0.25) is 4.98 Å². The fourth-order valence-corrected chi connectivity index (χ4v) is 10.2. The smallest absolute Gasteiger partial charge is 0.135 e. The van der Waals surface area contributed by atoms with Crippen LogP contribution in [0.3, 0.4) is 0 Å². The Morgan fingerprint density at radius 2 is 1.11 bits per heavy atom. The van der Waals surface area contributed by atoms with Crippen LogP contribution in [0.2, 0.25) is 0 Å². The predicted octanol–water partition coefficient (Wildman–Crippen LogP) is 17.2. The molecular weight excluding hydrogens is 1060 g/mol. The molecule has 0 radical (unpaired) electrons. The molecule has 0 N–H and O–H groups in total.